The van der Waals surface area contributed by atoms with Gasteiger partial charge in [0.2, 0.25) is 0 Å². The number of carbonyl (C=O) groups is 1. The third kappa shape index (κ3) is 5.43. The number of hydrogen-bond acceptors (Lipinski definition) is 5. The summed E-state index contributed by atoms with van der Waals surface area (Å²) < 4.78 is 0. The second kappa shape index (κ2) is 10.7. The summed E-state index contributed by atoms with van der Waals surface area (Å²) in [7, 11) is 0. The SMILES string of the molecule is Cl.Cl.O=C(CCC1CCNCC1)c1ccc(Nc2ncnc3c2CCC3)cc1. The molecule has 152 valence electrons. The normalized spacial score (nSPS) is 15.9. The van der Waals surface area contributed by atoms with Crippen molar-refractivity contribution in [2.45, 2.75) is 44.9 Å². The van der Waals surface area contributed by atoms with Crippen molar-refractivity contribution >= 4 is 42.1 Å². The average Bonchev–Trinajstić information content (AvgIpc) is 3.17. The van der Waals surface area contributed by atoms with E-state index in [2.05, 4.69) is 20.6 Å². The van der Waals surface area contributed by atoms with Gasteiger partial charge >= 0.3 is 0 Å². The topological polar surface area (TPSA) is 66.9 Å². The summed E-state index contributed by atoms with van der Waals surface area (Å²) in [4.78, 5) is 21.2. The van der Waals surface area contributed by atoms with Crippen LogP contribution in [0.1, 0.15) is 53.7 Å². The Morgan fingerprint density at radius 1 is 1.07 bits per heavy atom. The number of nitrogens with one attached hydrogen (secondary N) is 2. The first-order chi connectivity index (χ1) is 12.8. The monoisotopic (exact) mass is 422 g/mol. The van der Waals surface area contributed by atoms with Crippen molar-refractivity contribution in [1.29, 1.82) is 0 Å². The first-order valence-corrected chi connectivity index (χ1v) is 9.73. The molecule has 1 aromatic carbocycles. The molecule has 0 amide bonds. The second-order valence-corrected chi connectivity index (χ2v) is 7.36. The van der Waals surface area contributed by atoms with E-state index in [0.717, 1.165) is 61.5 Å². The fourth-order valence-electron chi connectivity index (χ4n) is 3.99. The summed E-state index contributed by atoms with van der Waals surface area (Å²) >= 11 is 0. The standard InChI is InChI=1S/C21H26N4O.2ClH/c26-20(9-4-15-10-12-22-13-11-15)16-5-7-17(8-6-16)25-21-18-2-1-3-19(18)23-14-24-21;;/h5-8,14-15,22H,1-4,9-13H2,(H,23,24,25);2*1H. The summed E-state index contributed by atoms with van der Waals surface area (Å²) in [5.41, 5.74) is 4.16. The average molecular weight is 423 g/mol. The number of fused-ring (bicyclic) bond motifs is 1. The Balaban J connectivity index is 0.00000140. The number of nitrogens with zero attached hydrogens (tertiary/aromatic N) is 2. The Morgan fingerprint density at radius 3 is 2.57 bits per heavy atom. The molecule has 28 heavy (non-hydrogen) atoms. The van der Waals surface area contributed by atoms with Crippen molar-refractivity contribution in [3.8, 4) is 0 Å². The lowest BCUT2D eigenvalue weighted by Crippen LogP contribution is -2.27. The number of rotatable bonds is 6. The number of ketones is 1. The Bertz CT molecular complexity index is 776. The van der Waals surface area contributed by atoms with Gasteiger partial charge in [0.15, 0.2) is 5.78 Å². The van der Waals surface area contributed by atoms with E-state index < -0.39 is 0 Å². The zero-order valence-corrected chi connectivity index (χ0v) is 17.6. The summed E-state index contributed by atoms with van der Waals surface area (Å²) in [5.74, 6) is 1.84. The summed E-state index contributed by atoms with van der Waals surface area (Å²) in [6.07, 6.45) is 8.89. The van der Waals surface area contributed by atoms with Gasteiger partial charge in [0.25, 0.3) is 0 Å². The highest BCUT2D eigenvalue weighted by molar-refractivity contribution is 5.96. The van der Waals surface area contributed by atoms with E-state index >= 15 is 0 Å². The Labute approximate surface area is 178 Å². The summed E-state index contributed by atoms with van der Waals surface area (Å²) in [6, 6.07) is 7.80. The number of Topliss-reactive ketones (excluding diaryl/α,β-unsaturated/α-hetero) is 1. The lowest BCUT2D eigenvalue weighted by molar-refractivity contribution is 0.0971. The van der Waals surface area contributed by atoms with Gasteiger partial charge in [-0.05, 0) is 81.8 Å². The molecule has 1 aliphatic carbocycles. The van der Waals surface area contributed by atoms with Gasteiger partial charge in [-0.25, -0.2) is 9.97 Å². The van der Waals surface area contributed by atoms with E-state index in [0.29, 0.717) is 12.3 Å². The molecule has 2 aliphatic rings. The fourth-order valence-corrected chi connectivity index (χ4v) is 3.99. The molecule has 5 nitrogen and oxygen atoms in total. The molecule has 0 bridgehead atoms. The number of benzene rings is 1. The maximum Gasteiger partial charge on any atom is 0.162 e. The van der Waals surface area contributed by atoms with Crippen molar-refractivity contribution in [2.75, 3.05) is 18.4 Å². The van der Waals surface area contributed by atoms with Crippen LogP contribution in [-0.4, -0.2) is 28.8 Å². The molecular weight excluding hydrogens is 395 g/mol. The van der Waals surface area contributed by atoms with Crippen LogP contribution in [0, 0.1) is 5.92 Å². The number of aryl methyl sites for hydroxylation is 1. The first-order valence-electron chi connectivity index (χ1n) is 9.73. The molecule has 0 unspecified atom stereocenters. The third-order valence-corrected chi connectivity index (χ3v) is 5.58. The first kappa shape index (κ1) is 22.6. The molecule has 7 heteroatoms. The van der Waals surface area contributed by atoms with Gasteiger partial charge in [-0.1, -0.05) is 0 Å². The lowest BCUT2D eigenvalue weighted by atomic mass is 9.91. The fraction of sp³-hybridized carbons (Fsp3) is 0.476. The predicted molar refractivity (Wildman–Crippen MR) is 117 cm³/mol. The second-order valence-electron chi connectivity index (χ2n) is 7.36. The minimum Gasteiger partial charge on any atom is -0.340 e. The van der Waals surface area contributed by atoms with Crippen LogP contribution in [0.2, 0.25) is 0 Å². The van der Waals surface area contributed by atoms with E-state index in [-0.39, 0.29) is 30.6 Å². The van der Waals surface area contributed by atoms with Gasteiger partial charge in [-0.2, -0.15) is 0 Å². The van der Waals surface area contributed by atoms with E-state index in [1.807, 2.05) is 24.3 Å². The van der Waals surface area contributed by atoms with Gasteiger partial charge in [-0.3, -0.25) is 4.79 Å². The minimum atomic E-state index is 0. The Morgan fingerprint density at radius 2 is 1.82 bits per heavy atom. The number of aromatic nitrogens is 2. The van der Waals surface area contributed by atoms with Gasteiger partial charge in [0.1, 0.15) is 12.1 Å². The molecule has 1 aliphatic heterocycles. The van der Waals surface area contributed by atoms with Crippen molar-refractivity contribution < 1.29 is 4.79 Å². The van der Waals surface area contributed by atoms with Gasteiger partial charge in [0.05, 0.1) is 0 Å². The number of carbonyl (C=O) groups excluding carboxylic acids is 1. The van der Waals surface area contributed by atoms with E-state index in [4.69, 9.17) is 0 Å². The Kier molecular flexibility index (Phi) is 8.67. The van der Waals surface area contributed by atoms with Crippen LogP contribution in [0.25, 0.3) is 0 Å². The van der Waals surface area contributed by atoms with Gasteiger partial charge < -0.3 is 10.6 Å². The van der Waals surface area contributed by atoms with E-state index in [9.17, 15) is 4.79 Å². The highest BCUT2D eigenvalue weighted by atomic mass is 35.5. The van der Waals surface area contributed by atoms with Gasteiger partial charge in [-0.15, -0.1) is 24.8 Å². The minimum absolute atomic E-state index is 0. The van der Waals surface area contributed by atoms with Crippen LogP contribution in [0.15, 0.2) is 30.6 Å². The molecule has 1 aromatic heterocycles. The number of hydrogen-bond donors (Lipinski definition) is 2. The molecule has 0 atom stereocenters. The van der Waals surface area contributed by atoms with Crippen molar-refractivity contribution in [3.05, 3.63) is 47.4 Å². The summed E-state index contributed by atoms with van der Waals surface area (Å²) in [5, 5.41) is 6.76. The van der Waals surface area contributed by atoms with Crippen LogP contribution < -0.4 is 10.6 Å². The number of anilines is 2. The zero-order chi connectivity index (χ0) is 17.8. The zero-order valence-electron chi connectivity index (χ0n) is 15.9. The third-order valence-electron chi connectivity index (χ3n) is 5.58. The molecule has 1 fully saturated rings. The maximum absolute atomic E-state index is 12.5. The van der Waals surface area contributed by atoms with Crippen molar-refractivity contribution in [2.24, 2.45) is 5.92 Å². The molecule has 0 spiro atoms. The quantitative estimate of drug-likeness (QED) is 0.669. The Hall–Kier alpha value is -1.69. The molecule has 0 saturated carbocycles. The number of halogens is 2. The van der Waals surface area contributed by atoms with Crippen molar-refractivity contribution in [3.63, 3.8) is 0 Å². The van der Waals surface area contributed by atoms with Gasteiger partial charge in [0, 0.05) is 28.9 Å². The molecule has 2 heterocycles. The summed E-state index contributed by atoms with van der Waals surface area (Å²) in [6.45, 7) is 2.18. The van der Waals surface area contributed by atoms with E-state index in [1.54, 1.807) is 6.33 Å². The van der Waals surface area contributed by atoms with Crippen molar-refractivity contribution in [1.82, 2.24) is 15.3 Å². The molecule has 2 N–H and O–H groups in total. The molecule has 1 saturated heterocycles. The highest BCUT2D eigenvalue weighted by Crippen LogP contribution is 2.27. The predicted octanol–water partition coefficient (Wildman–Crippen LogP) is 4.52. The largest absolute Gasteiger partial charge is 0.340 e. The van der Waals surface area contributed by atoms with E-state index in [1.165, 1.54) is 18.4 Å². The van der Waals surface area contributed by atoms with Crippen LogP contribution in [0.5, 0.6) is 0 Å². The highest BCUT2D eigenvalue weighted by Gasteiger charge is 2.18. The molecule has 4 rings (SSSR count). The van der Waals surface area contributed by atoms with Crippen LogP contribution in [0.3, 0.4) is 0 Å². The van der Waals surface area contributed by atoms with Crippen LogP contribution in [-0.2, 0) is 12.8 Å². The van der Waals surface area contributed by atoms with Crippen LogP contribution in [0.4, 0.5) is 11.5 Å². The molecule has 2 aromatic rings. The lowest BCUT2D eigenvalue weighted by Gasteiger charge is -2.22. The van der Waals surface area contributed by atoms with Crippen LogP contribution >= 0.6 is 24.8 Å². The number of piperidine rings is 1. The maximum atomic E-state index is 12.5. The molecular formula is C21H28Cl2N4O. The molecule has 0 radical (unpaired) electrons. The smallest absolute Gasteiger partial charge is 0.162 e.